The second-order valence-corrected chi connectivity index (χ2v) is 7.88. The number of rotatable bonds is 6. The molecule has 0 bridgehead atoms. The number of piperazine rings is 1. The van der Waals surface area contributed by atoms with Gasteiger partial charge in [-0.3, -0.25) is 14.6 Å². The summed E-state index contributed by atoms with van der Waals surface area (Å²) in [6.07, 6.45) is 0. The largest absolute Gasteiger partial charge is 0.348 e. The van der Waals surface area contributed by atoms with Crippen LogP contribution in [-0.2, 0) is 11.3 Å². The minimum atomic E-state index is -0.263. The zero-order valence-electron chi connectivity index (χ0n) is 15.3. The van der Waals surface area contributed by atoms with Crippen LogP contribution in [0.3, 0.4) is 0 Å². The summed E-state index contributed by atoms with van der Waals surface area (Å²) in [5, 5.41) is 5.16. The van der Waals surface area contributed by atoms with Crippen LogP contribution in [0.5, 0.6) is 0 Å². The molecule has 6 heteroatoms. The van der Waals surface area contributed by atoms with Crippen LogP contribution in [0.4, 0.5) is 4.39 Å². The SMILES string of the molecule is C[C@H](NC(=O)[C@H](C)N1CCN(Cc2cccs2)CC1)c1ccc(F)cc1. The van der Waals surface area contributed by atoms with E-state index in [1.807, 2.05) is 13.8 Å². The smallest absolute Gasteiger partial charge is 0.237 e. The van der Waals surface area contributed by atoms with E-state index in [0.29, 0.717) is 0 Å². The van der Waals surface area contributed by atoms with Crippen molar-refractivity contribution in [2.45, 2.75) is 32.5 Å². The Bertz CT molecular complexity index is 696. The number of benzene rings is 1. The van der Waals surface area contributed by atoms with Gasteiger partial charge in [0.2, 0.25) is 5.91 Å². The lowest BCUT2D eigenvalue weighted by Crippen LogP contribution is -2.53. The summed E-state index contributed by atoms with van der Waals surface area (Å²) in [4.78, 5) is 18.7. The summed E-state index contributed by atoms with van der Waals surface area (Å²) >= 11 is 1.79. The lowest BCUT2D eigenvalue weighted by Gasteiger charge is -2.37. The molecule has 0 radical (unpaired) electrons. The first-order valence-corrected chi connectivity index (χ1v) is 9.95. The maximum Gasteiger partial charge on any atom is 0.237 e. The van der Waals surface area contributed by atoms with Crippen molar-refractivity contribution >= 4 is 17.2 Å². The molecule has 0 spiro atoms. The third kappa shape index (κ3) is 4.90. The average molecular weight is 376 g/mol. The van der Waals surface area contributed by atoms with Gasteiger partial charge < -0.3 is 5.32 Å². The van der Waals surface area contributed by atoms with Crippen LogP contribution >= 0.6 is 11.3 Å². The van der Waals surface area contributed by atoms with Crippen LogP contribution in [0.2, 0.25) is 0 Å². The van der Waals surface area contributed by atoms with Crippen molar-refractivity contribution in [1.82, 2.24) is 15.1 Å². The fourth-order valence-electron chi connectivity index (χ4n) is 3.27. The normalized spacial score (nSPS) is 18.4. The molecule has 1 aliphatic rings. The highest BCUT2D eigenvalue weighted by molar-refractivity contribution is 7.09. The maximum absolute atomic E-state index is 13.0. The molecule has 1 aliphatic heterocycles. The second-order valence-electron chi connectivity index (χ2n) is 6.85. The first-order valence-electron chi connectivity index (χ1n) is 9.07. The van der Waals surface area contributed by atoms with Gasteiger partial charge in [0.1, 0.15) is 5.82 Å². The Balaban J connectivity index is 1.47. The van der Waals surface area contributed by atoms with Gasteiger partial charge in [0.25, 0.3) is 0 Å². The molecule has 1 fully saturated rings. The summed E-state index contributed by atoms with van der Waals surface area (Å²) in [6.45, 7) is 8.62. The minimum absolute atomic E-state index is 0.0218. The number of halogens is 1. The van der Waals surface area contributed by atoms with E-state index in [9.17, 15) is 9.18 Å². The van der Waals surface area contributed by atoms with Crippen LogP contribution in [0.1, 0.15) is 30.3 Å². The zero-order valence-corrected chi connectivity index (χ0v) is 16.1. The second kappa shape index (κ2) is 8.75. The van der Waals surface area contributed by atoms with E-state index in [0.717, 1.165) is 38.3 Å². The Labute approximate surface area is 158 Å². The van der Waals surface area contributed by atoms with E-state index in [2.05, 4.69) is 32.6 Å². The lowest BCUT2D eigenvalue weighted by atomic mass is 10.1. The Morgan fingerprint density at radius 1 is 1.15 bits per heavy atom. The quantitative estimate of drug-likeness (QED) is 0.842. The predicted molar refractivity (Wildman–Crippen MR) is 104 cm³/mol. The number of thiophene rings is 1. The van der Waals surface area contributed by atoms with Crippen molar-refractivity contribution in [1.29, 1.82) is 0 Å². The number of hydrogen-bond acceptors (Lipinski definition) is 4. The standard InChI is InChI=1S/C20H26FN3OS/c1-15(17-5-7-18(21)8-6-17)22-20(25)16(2)24-11-9-23(10-12-24)14-19-4-3-13-26-19/h3-8,13,15-16H,9-12,14H2,1-2H3,(H,22,25)/t15-,16-/m0/s1. The third-order valence-corrected chi connectivity index (χ3v) is 5.88. The van der Waals surface area contributed by atoms with Crippen LogP contribution in [0.15, 0.2) is 41.8 Å². The van der Waals surface area contributed by atoms with Crippen LogP contribution in [0, 0.1) is 5.82 Å². The summed E-state index contributed by atoms with van der Waals surface area (Å²) in [6, 6.07) is 10.2. The van der Waals surface area contributed by atoms with Gasteiger partial charge in [-0.2, -0.15) is 0 Å². The van der Waals surface area contributed by atoms with Crippen molar-refractivity contribution in [3.8, 4) is 0 Å². The van der Waals surface area contributed by atoms with Gasteiger partial charge >= 0.3 is 0 Å². The first kappa shape index (κ1) is 19.0. The molecule has 0 saturated carbocycles. The topological polar surface area (TPSA) is 35.6 Å². The molecule has 0 unspecified atom stereocenters. The van der Waals surface area contributed by atoms with E-state index >= 15 is 0 Å². The molecular weight excluding hydrogens is 349 g/mol. The summed E-state index contributed by atoms with van der Waals surface area (Å²) < 4.78 is 13.0. The Morgan fingerprint density at radius 2 is 1.85 bits per heavy atom. The number of carbonyl (C=O) groups excluding carboxylic acids is 1. The predicted octanol–water partition coefficient (Wildman–Crippen LogP) is 3.27. The van der Waals surface area contributed by atoms with E-state index in [1.54, 1.807) is 23.5 Å². The van der Waals surface area contributed by atoms with Crippen molar-refractivity contribution in [3.63, 3.8) is 0 Å². The van der Waals surface area contributed by atoms with Crippen LogP contribution in [-0.4, -0.2) is 47.9 Å². The molecule has 1 N–H and O–H groups in total. The highest BCUT2D eigenvalue weighted by atomic mass is 32.1. The molecular formula is C20H26FN3OS. The minimum Gasteiger partial charge on any atom is -0.348 e. The van der Waals surface area contributed by atoms with Crippen molar-refractivity contribution in [3.05, 3.63) is 58.0 Å². The van der Waals surface area contributed by atoms with Gasteiger partial charge in [-0.15, -0.1) is 11.3 Å². The summed E-state index contributed by atoms with van der Waals surface area (Å²) in [5.74, 6) is -0.241. The van der Waals surface area contributed by atoms with Crippen molar-refractivity contribution in [2.24, 2.45) is 0 Å². The third-order valence-electron chi connectivity index (χ3n) is 5.02. The number of nitrogens with one attached hydrogen (secondary N) is 1. The molecule has 26 heavy (non-hydrogen) atoms. The molecule has 2 heterocycles. The van der Waals surface area contributed by atoms with E-state index in [-0.39, 0.29) is 23.8 Å². The molecule has 1 aromatic heterocycles. The Kier molecular flexibility index (Phi) is 6.40. The molecule has 140 valence electrons. The number of carbonyl (C=O) groups is 1. The summed E-state index contributed by atoms with van der Waals surface area (Å²) in [7, 11) is 0. The monoisotopic (exact) mass is 375 g/mol. The maximum atomic E-state index is 13.0. The van der Waals surface area contributed by atoms with Gasteiger partial charge in [-0.25, -0.2) is 4.39 Å². The number of nitrogens with zero attached hydrogens (tertiary/aromatic N) is 2. The van der Waals surface area contributed by atoms with E-state index < -0.39 is 0 Å². The Morgan fingerprint density at radius 3 is 2.46 bits per heavy atom. The Hall–Kier alpha value is -1.76. The summed E-state index contributed by atoms with van der Waals surface area (Å²) in [5.41, 5.74) is 0.910. The molecule has 1 saturated heterocycles. The zero-order chi connectivity index (χ0) is 18.5. The molecule has 0 aliphatic carbocycles. The molecule has 2 atom stereocenters. The van der Waals surface area contributed by atoms with Gasteiger partial charge in [-0.05, 0) is 43.0 Å². The lowest BCUT2D eigenvalue weighted by molar-refractivity contribution is -0.127. The number of amides is 1. The highest BCUT2D eigenvalue weighted by Gasteiger charge is 2.26. The van der Waals surface area contributed by atoms with Gasteiger partial charge in [0.15, 0.2) is 0 Å². The molecule has 2 aromatic rings. The van der Waals surface area contributed by atoms with Crippen molar-refractivity contribution < 1.29 is 9.18 Å². The van der Waals surface area contributed by atoms with Crippen molar-refractivity contribution in [2.75, 3.05) is 26.2 Å². The van der Waals surface area contributed by atoms with E-state index in [1.165, 1.54) is 17.0 Å². The van der Waals surface area contributed by atoms with E-state index in [4.69, 9.17) is 0 Å². The van der Waals surface area contributed by atoms with Gasteiger partial charge in [-0.1, -0.05) is 18.2 Å². The fraction of sp³-hybridized carbons (Fsp3) is 0.450. The van der Waals surface area contributed by atoms with Gasteiger partial charge in [0, 0.05) is 37.6 Å². The van der Waals surface area contributed by atoms with Crippen LogP contribution in [0.25, 0.3) is 0 Å². The molecule has 3 rings (SSSR count). The highest BCUT2D eigenvalue weighted by Crippen LogP contribution is 2.16. The number of hydrogen-bond donors (Lipinski definition) is 1. The molecule has 1 aromatic carbocycles. The molecule has 1 amide bonds. The van der Waals surface area contributed by atoms with Gasteiger partial charge in [0.05, 0.1) is 12.1 Å². The van der Waals surface area contributed by atoms with Crippen LogP contribution < -0.4 is 5.32 Å². The molecule has 4 nitrogen and oxygen atoms in total. The average Bonchev–Trinajstić information content (AvgIpc) is 3.15. The first-order chi connectivity index (χ1) is 12.5. The fourth-order valence-corrected chi connectivity index (χ4v) is 4.01.